The quantitative estimate of drug-likeness (QED) is 0.266. The van der Waals surface area contributed by atoms with E-state index in [-0.39, 0.29) is 49.3 Å². The number of hydrogen-bond acceptors (Lipinski definition) is 6. The van der Waals surface area contributed by atoms with E-state index in [1.807, 2.05) is 36.4 Å². The Kier molecular flexibility index (Phi) is 8.90. The summed E-state index contributed by atoms with van der Waals surface area (Å²) in [5, 5.41) is 22.0. The number of carboxylic acid groups (broad SMARTS) is 2. The van der Waals surface area contributed by atoms with Gasteiger partial charge in [0.05, 0.1) is 23.3 Å². The zero-order valence-electron chi connectivity index (χ0n) is 21.1. The van der Waals surface area contributed by atoms with E-state index >= 15 is 0 Å². The molecule has 4 heterocycles. The molecule has 2 unspecified atom stereocenters. The third kappa shape index (κ3) is 5.64. The van der Waals surface area contributed by atoms with Crippen LogP contribution in [0.4, 0.5) is 0 Å². The third-order valence-corrected chi connectivity index (χ3v) is 7.13. The van der Waals surface area contributed by atoms with E-state index in [0.717, 1.165) is 0 Å². The van der Waals surface area contributed by atoms with Gasteiger partial charge in [-0.05, 0) is 37.1 Å². The molecular formula is C30H24CaN2O6. The summed E-state index contributed by atoms with van der Waals surface area (Å²) >= 11 is 0. The first kappa shape index (κ1) is 28.5. The standard InChI is InChI=1S/2C15H13NO3.Ca/c2*17-14(10-4-2-1-3-5-10)13-7-6-12-11(15(18)19)8-9-16(12)13;/h2*1-7,11H,8-9H2,(H,18,19);/q;;+2/p-2. The van der Waals surface area contributed by atoms with Crippen LogP contribution in [0.25, 0.3) is 0 Å². The fourth-order valence-electron chi connectivity index (χ4n) is 5.24. The summed E-state index contributed by atoms with van der Waals surface area (Å²) in [7, 11) is 0. The molecular weight excluding hydrogens is 524 g/mol. The molecule has 0 aliphatic carbocycles. The Labute approximate surface area is 254 Å². The van der Waals surface area contributed by atoms with E-state index in [9.17, 15) is 29.4 Å². The molecule has 192 valence electrons. The minimum Gasteiger partial charge on any atom is -0.549 e. The van der Waals surface area contributed by atoms with E-state index in [2.05, 4.69) is 0 Å². The monoisotopic (exact) mass is 548 g/mol. The average Bonchev–Trinajstić information content (AvgIpc) is 3.70. The van der Waals surface area contributed by atoms with E-state index in [1.54, 1.807) is 57.7 Å². The Morgan fingerprint density at radius 3 is 1.26 bits per heavy atom. The first-order valence-electron chi connectivity index (χ1n) is 12.4. The fourth-order valence-corrected chi connectivity index (χ4v) is 5.24. The topological polar surface area (TPSA) is 124 Å². The molecule has 0 N–H and O–H groups in total. The van der Waals surface area contributed by atoms with E-state index in [1.165, 1.54) is 0 Å². The summed E-state index contributed by atoms with van der Waals surface area (Å²) in [6.45, 7) is 1.10. The van der Waals surface area contributed by atoms with Gasteiger partial charge < -0.3 is 28.9 Å². The summed E-state index contributed by atoms with van der Waals surface area (Å²) < 4.78 is 3.58. The van der Waals surface area contributed by atoms with Crippen molar-refractivity contribution in [2.75, 3.05) is 0 Å². The average molecular weight is 549 g/mol. The summed E-state index contributed by atoms with van der Waals surface area (Å²) in [4.78, 5) is 46.7. The number of carbonyl (C=O) groups is 4. The molecule has 0 saturated heterocycles. The molecule has 6 rings (SSSR count). The van der Waals surface area contributed by atoms with Crippen molar-refractivity contribution in [3.8, 4) is 0 Å². The van der Waals surface area contributed by atoms with Crippen LogP contribution >= 0.6 is 0 Å². The zero-order chi connectivity index (χ0) is 26.8. The van der Waals surface area contributed by atoms with Gasteiger partial charge in [0, 0.05) is 47.4 Å². The second-order valence-corrected chi connectivity index (χ2v) is 9.30. The normalized spacial score (nSPS) is 16.7. The fraction of sp³-hybridized carbons (Fsp3) is 0.200. The third-order valence-electron chi connectivity index (χ3n) is 7.13. The summed E-state index contributed by atoms with van der Waals surface area (Å²) in [6.07, 6.45) is 0.987. The van der Waals surface area contributed by atoms with E-state index < -0.39 is 23.8 Å². The van der Waals surface area contributed by atoms with Gasteiger partial charge in [0.15, 0.2) is 0 Å². The molecule has 9 heteroatoms. The Bertz CT molecular complexity index is 1410. The predicted molar refractivity (Wildman–Crippen MR) is 139 cm³/mol. The predicted octanol–water partition coefficient (Wildman–Crippen LogP) is 1.53. The van der Waals surface area contributed by atoms with Gasteiger partial charge in [-0.25, -0.2) is 0 Å². The maximum atomic E-state index is 12.4. The number of hydrogen-bond donors (Lipinski definition) is 0. The first-order chi connectivity index (χ1) is 18.4. The largest absolute Gasteiger partial charge is 2.00 e. The molecule has 0 spiro atoms. The Balaban J connectivity index is 0.000000176. The number of aromatic nitrogens is 2. The molecule has 0 amide bonds. The van der Waals surface area contributed by atoms with Crippen molar-refractivity contribution in [1.29, 1.82) is 0 Å². The molecule has 2 atom stereocenters. The van der Waals surface area contributed by atoms with Crippen LogP contribution < -0.4 is 10.2 Å². The number of carbonyl (C=O) groups excluding carboxylic acids is 4. The number of ketones is 2. The Morgan fingerprint density at radius 2 is 0.923 bits per heavy atom. The van der Waals surface area contributed by atoms with Crippen LogP contribution in [0.1, 0.15) is 68.2 Å². The second-order valence-electron chi connectivity index (χ2n) is 9.30. The number of benzene rings is 2. The van der Waals surface area contributed by atoms with Gasteiger partial charge in [-0.2, -0.15) is 0 Å². The second kappa shape index (κ2) is 12.2. The first-order valence-corrected chi connectivity index (χ1v) is 12.4. The molecule has 4 aromatic rings. The SMILES string of the molecule is O=C(c1ccccc1)c1ccc2n1CCC2C(=O)[O-].O=C(c1ccccc1)c1ccc2n1CCC2C(=O)[O-].[Ca+2]. The number of aliphatic carboxylic acids is 2. The summed E-state index contributed by atoms with van der Waals surface area (Å²) in [6, 6.07) is 24.8. The zero-order valence-corrected chi connectivity index (χ0v) is 23.3. The number of nitrogens with zero attached hydrogens (tertiary/aromatic N) is 2. The van der Waals surface area contributed by atoms with Crippen molar-refractivity contribution in [2.24, 2.45) is 0 Å². The van der Waals surface area contributed by atoms with Gasteiger partial charge in [-0.15, -0.1) is 0 Å². The van der Waals surface area contributed by atoms with Gasteiger partial charge in [-0.3, -0.25) is 9.59 Å². The van der Waals surface area contributed by atoms with Crippen molar-refractivity contribution in [3.05, 3.63) is 119 Å². The van der Waals surface area contributed by atoms with Crippen LogP contribution in [-0.4, -0.2) is 70.4 Å². The maximum Gasteiger partial charge on any atom is 2.00 e. The molecule has 0 saturated carbocycles. The van der Waals surface area contributed by atoms with Gasteiger partial charge in [-0.1, -0.05) is 60.7 Å². The molecule has 0 bridgehead atoms. The minimum atomic E-state index is -1.07. The molecule has 39 heavy (non-hydrogen) atoms. The van der Waals surface area contributed by atoms with Gasteiger partial charge in [0.1, 0.15) is 0 Å². The van der Waals surface area contributed by atoms with Crippen LogP contribution in [0, 0.1) is 0 Å². The molecule has 2 aliphatic heterocycles. The summed E-state index contributed by atoms with van der Waals surface area (Å²) in [5.74, 6) is -3.50. The van der Waals surface area contributed by atoms with Crippen molar-refractivity contribution >= 4 is 61.2 Å². The van der Waals surface area contributed by atoms with Crippen molar-refractivity contribution < 1.29 is 29.4 Å². The smallest absolute Gasteiger partial charge is 0.549 e. The Morgan fingerprint density at radius 1 is 0.564 bits per heavy atom. The molecule has 2 aromatic carbocycles. The molecule has 2 aliphatic rings. The van der Waals surface area contributed by atoms with Crippen LogP contribution in [0.2, 0.25) is 0 Å². The van der Waals surface area contributed by atoms with Gasteiger partial charge >= 0.3 is 37.7 Å². The number of rotatable bonds is 6. The van der Waals surface area contributed by atoms with Gasteiger partial charge in [0.25, 0.3) is 0 Å². The van der Waals surface area contributed by atoms with Crippen LogP contribution in [-0.2, 0) is 22.7 Å². The molecule has 2 aromatic heterocycles. The van der Waals surface area contributed by atoms with E-state index in [0.29, 0.717) is 59.8 Å². The summed E-state index contributed by atoms with van der Waals surface area (Å²) in [5.41, 5.74) is 3.65. The van der Waals surface area contributed by atoms with Crippen LogP contribution in [0.15, 0.2) is 84.9 Å². The molecule has 0 radical (unpaired) electrons. The van der Waals surface area contributed by atoms with Crippen LogP contribution in [0.5, 0.6) is 0 Å². The Hall–Kier alpha value is -3.46. The van der Waals surface area contributed by atoms with Crippen LogP contribution in [0.3, 0.4) is 0 Å². The van der Waals surface area contributed by atoms with Crippen molar-refractivity contribution in [2.45, 2.75) is 37.8 Å². The number of carboxylic acids is 2. The van der Waals surface area contributed by atoms with Crippen molar-refractivity contribution in [1.82, 2.24) is 9.13 Å². The number of fused-ring (bicyclic) bond motifs is 2. The van der Waals surface area contributed by atoms with Gasteiger partial charge in [0.2, 0.25) is 11.6 Å². The maximum absolute atomic E-state index is 12.4. The van der Waals surface area contributed by atoms with E-state index in [4.69, 9.17) is 0 Å². The minimum absolute atomic E-state index is 0. The molecule has 8 nitrogen and oxygen atoms in total. The molecule has 0 fully saturated rings. The van der Waals surface area contributed by atoms with Crippen molar-refractivity contribution in [3.63, 3.8) is 0 Å².